The molecule has 0 spiro atoms. The Kier molecular flexibility index (Phi) is 5.97. The fraction of sp³-hybridized carbons (Fsp3) is 0.435. The minimum absolute atomic E-state index is 0.0232. The Morgan fingerprint density at radius 3 is 2.82 bits per heavy atom. The van der Waals surface area contributed by atoms with E-state index in [1.54, 1.807) is 19.9 Å². The quantitative estimate of drug-likeness (QED) is 0.646. The number of aryl methyl sites for hydroxylation is 1. The predicted octanol–water partition coefficient (Wildman–Crippen LogP) is 2.78. The normalized spacial score (nSPS) is 28.3. The summed E-state index contributed by atoms with van der Waals surface area (Å²) in [6.45, 7) is 2.54. The van der Waals surface area contributed by atoms with Crippen LogP contribution in [0, 0.1) is 24.1 Å². The third-order valence-electron chi connectivity index (χ3n) is 6.51. The fourth-order valence-electron chi connectivity index (χ4n) is 4.47. The van der Waals surface area contributed by atoms with E-state index in [0.717, 1.165) is 6.07 Å². The zero-order valence-corrected chi connectivity index (χ0v) is 19.7. The summed E-state index contributed by atoms with van der Waals surface area (Å²) in [7, 11) is -3.04. The van der Waals surface area contributed by atoms with Crippen molar-refractivity contribution in [1.29, 1.82) is 5.26 Å². The number of pyridine rings is 2. The molecule has 2 aliphatic rings. The van der Waals surface area contributed by atoms with Crippen LogP contribution in [0.2, 0.25) is 0 Å². The Bertz CT molecular complexity index is 1380. The number of alkyl halides is 1. The van der Waals surface area contributed by atoms with Crippen molar-refractivity contribution in [2.45, 2.75) is 43.4 Å². The molecule has 178 valence electrons. The molecule has 0 amide bonds. The fourth-order valence-corrected chi connectivity index (χ4v) is 7.35. The Labute approximate surface area is 196 Å². The van der Waals surface area contributed by atoms with Crippen LogP contribution in [0.15, 0.2) is 33.8 Å². The van der Waals surface area contributed by atoms with Crippen molar-refractivity contribution in [3.05, 3.63) is 58.4 Å². The number of carbonyl (C=O) groups excluding carboxylic acids is 1. The van der Waals surface area contributed by atoms with Crippen molar-refractivity contribution >= 4 is 21.3 Å². The minimum atomic E-state index is -3.04. The first kappa shape index (κ1) is 23.9. The molecule has 2 aromatic heterocycles. The second kappa shape index (κ2) is 8.51. The lowest BCUT2D eigenvalue weighted by Crippen LogP contribution is -2.59. The Balaban J connectivity index is 1.74. The Morgan fingerprint density at radius 1 is 1.38 bits per heavy atom. The van der Waals surface area contributed by atoms with Gasteiger partial charge in [0.1, 0.15) is 46.1 Å². The Hall–Kier alpha value is -3.26. The van der Waals surface area contributed by atoms with E-state index in [1.807, 2.05) is 6.07 Å². The maximum Gasteiger partial charge on any atom is 0.187 e. The monoisotopic (exact) mass is 486 g/mol. The van der Waals surface area contributed by atoms with E-state index >= 15 is 0 Å². The summed E-state index contributed by atoms with van der Waals surface area (Å²) in [5.41, 5.74) is 5.13. The van der Waals surface area contributed by atoms with Gasteiger partial charge in [0, 0.05) is 18.4 Å². The van der Waals surface area contributed by atoms with Crippen LogP contribution in [0.1, 0.15) is 52.8 Å². The van der Waals surface area contributed by atoms with Gasteiger partial charge in [-0.3, -0.25) is 19.8 Å². The molecule has 4 rings (SSSR count). The Morgan fingerprint density at radius 2 is 2.15 bits per heavy atom. The van der Waals surface area contributed by atoms with Crippen LogP contribution in [0.3, 0.4) is 0 Å². The molecule has 0 saturated carbocycles. The lowest BCUT2D eigenvalue weighted by Gasteiger charge is -2.44. The van der Waals surface area contributed by atoms with Crippen molar-refractivity contribution in [2.75, 3.05) is 19.0 Å². The summed E-state index contributed by atoms with van der Waals surface area (Å²) < 4.78 is 46.6. The summed E-state index contributed by atoms with van der Waals surface area (Å²) in [6.07, 6.45) is 2.24. The molecular weight excluding hydrogens is 462 g/mol. The van der Waals surface area contributed by atoms with Crippen LogP contribution >= 0.6 is 0 Å². The van der Waals surface area contributed by atoms with E-state index in [0.29, 0.717) is 30.5 Å². The lowest BCUT2D eigenvalue weighted by atomic mass is 9.95. The van der Waals surface area contributed by atoms with Crippen LogP contribution in [-0.4, -0.2) is 49.5 Å². The third kappa shape index (κ3) is 3.76. The first-order valence-corrected chi connectivity index (χ1v) is 12.4. The molecule has 0 saturated heterocycles. The topological polar surface area (TPSA) is 134 Å². The predicted molar refractivity (Wildman–Crippen MR) is 123 cm³/mol. The first-order chi connectivity index (χ1) is 16.1. The van der Waals surface area contributed by atoms with Crippen LogP contribution < -0.4 is 5.73 Å². The summed E-state index contributed by atoms with van der Waals surface area (Å²) in [4.78, 5) is 25.5. The molecule has 2 aliphatic heterocycles. The third-order valence-corrected chi connectivity index (χ3v) is 9.79. The molecule has 0 aliphatic carbocycles. The number of fused-ring (bicyclic) bond motifs is 1. The van der Waals surface area contributed by atoms with Gasteiger partial charge < -0.3 is 5.73 Å². The molecular formula is C23H24F2N6O2S. The van der Waals surface area contributed by atoms with Crippen molar-refractivity contribution in [3.8, 4) is 6.07 Å². The van der Waals surface area contributed by atoms with E-state index < -0.39 is 38.3 Å². The minimum Gasteiger partial charge on any atom is -0.386 e. The van der Waals surface area contributed by atoms with Crippen molar-refractivity contribution < 1.29 is 17.8 Å². The molecule has 2 aromatic rings. The van der Waals surface area contributed by atoms with Crippen LogP contribution in [0.25, 0.3) is 0 Å². The van der Waals surface area contributed by atoms with Crippen molar-refractivity contribution in [3.63, 3.8) is 0 Å². The summed E-state index contributed by atoms with van der Waals surface area (Å²) >= 11 is 0. The van der Waals surface area contributed by atoms with Gasteiger partial charge in [0.2, 0.25) is 0 Å². The number of hydrogen-bond donors (Lipinski definition) is 1. The van der Waals surface area contributed by atoms with Gasteiger partial charge in [0.05, 0.1) is 27.5 Å². The van der Waals surface area contributed by atoms with E-state index in [2.05, 4.69) is 19.3 Å². The van der Waals surface area contributed by atoms with Gasteiger partial charge in [0.15, 0.2) is 5.78 Å². The number of Topliss-reactive ketones (excluding diaryl/α,β-unsaturated/α-hetero) is 1. The average Bonchev–Trinajstić information content (AvgIpc) is 2.81. The number of aliphatic imine (C=N–C) groups is 1. The molecule has 11 heteroatoms. The standard InChI is InChI=1S/C23H24F2N6O2S/c1-14-8-15(10-26)11-28-19(14)18(32)9-16-4-5-17(25)20(30-16)23(12-24)13-34(33)22(2,21(27)31-23)6-3-7-29-34/h4-5,8,11H,3,6-7,9,12-13H2,1-2H3,(H2,27,31)/t22-,23+,34+/m1/s1. The molecule has 0 unspecified atom stereocenters. The smallest absolute Gasteiger partial charge is 0.187 e. The van der Waals surface area contributed by atoms with Gasteiger partial charge in [0.25, 0.3) is 0 Å². The highest BCUT2D eigenvalue weighted by atomic mass is 32.2. The van der Waals surface area contributed by atoms with Crippen molar-refractivity contribution in [1.82, 2.24) is 9.97 Å². The van der Waals surface area contributed by atoms with Crippen LogP contribution in [0.4, 0.5) is 8.78 Å². The zero-order chi connectivity index (χ0) is 24.7. The number of nitrogens with two attached hydrogens (primary N) is 1. The van der Waals surface area contributed by atoms with E-state index in [9.17, 15) is 17.8 Å². The second-order valence-electron chi connectivity index (χ2n) is 8.87. The molecule has 4 heterocycles. The maximum absolute atomic E-state index is 15.0. The van der Waals surface area contributed by atoms with E-state index in [-0.39, 0.29) is 35.1 Å². The number of nitrogens with zero attached hydrogens (tertiary/aromatic N) is 5. The van der Waals surface area contributed by atoms with Gasteiger partial charge in [-0.15, -0.1) is 0 Å². The molecule has 0 fully saturated rings. The molecule has 0 aromatic carbocycles. The maximum atomic E-state index is 15.0. The van der Waals surface area contributed by atoms with Gasteiger partial charge in [-0.2, -0.15) is 5.26 Å². The summed E-state index contributed by atoms with van der Waals surface area (Å²) in [5.74, 6) is -1.59. The first-order valence-electron chi connectivity index (χ1n) is 10.8. The number of nitriles is 1. The average molecular weight is 487 g/mol. The number of ketones is 1. The van der Waals surface area contributed by atoms with Gasteiger partial charge in [-0.05, 0) is 50.5 Å². The molecule has 2 N–H and O–H groups in total. The number of carbonyl (C=O) groups is 1. The summed E-state index contributed by atoms with van der Waals surface area (Å²) in [6, 6.07) is 5.92. The number of halogens is 2. The van der Waals surface area contributed by atoms with E-state index in [4.69, 9.17) is 11.0 Å². The molecule has 3 atom stereocenters. The SMILES string of the molecule is Cc1cc(C#N)cnc1C(=O)Cc1ccc(F)c([C@]2(CF)C[S@@]3(=O)=NCCC[C@]3(C)C(N)=N2)n1. The number of hydrogen-bond acceptors (Lipinski definition) is 8. The largest absolute Gasteiger partial charge is 0.386 e. The molecule has 8 nitrogen and oxygen atoms in total. The van der Waals surface area contributed by atoms with Crippen molar-refractivity contribution in [2.24, 2.45) is 15.1 Å². The lowest BCUT2D eigenvalue weighted by molar-refractivity contribution is 0.0986. The molecule has 0 radical (unpaired) electrons. The highest BCUT2D eigenvalue weighted by Crippen LogP contribution is 2.42. The van der Waals surface area contributed by atoms with Crippen LogP contribution in [0.5, 0.6) is 0 Å². The van der Waals surface area contributed by atoms with Crippen LogP contribution in [-0.2, 0) is 21.7 Å². The number of aromatic nitrogens is 2. The highest BCUT2D eigenvalue weighted by molar-refractivity contribution is 7.95. The highest BCUT2D eigenvalue weighted by Gasteiger charge is 2.54. The van der Waals surface area contributed by atoms with E-state index in [1.165, 1.54) is 12.3 Å². The van der Waals surface area contributed by atoms with Gasteiger partial charge in [-0.25, -0.2) is 17.4 Å². The molecule has 0 bridgehead atoms. The van der Waals surface area contributed by atoms with Gasteiger partial charge in [-0.1, -0.05) is 0 Å². The number of amidine groups is 1. The summed E-state index contributed by atoms with van der Waals surface area (Å²) in [5, 5.41) is 8.98. The number of rotatable bonds is 5. The van der Waals surface area contributed by atoms with Gasteiger partial charge >= 0.3 is 0 Å². The zero-order valence-electron chi connectivity index (χ0n) is 18.8. The molecule has 34 heavy (non-hydrogen) atoms. The second-order valence-corrected chi connectivity index (χ2v) is 11.6.